The summed E-state index contributed by atoms with van der Waals surface area (Å²) in [7, 11) is -3.96. The summed E-state index contributed by atoms with van der Waals surface area (Å²) in [5.74, 6) is -3.39. The number of allylic oxidation sites excluding steroid dienone is 1. The summed E-state index contributed by atoms with van der Waals surface area (Å²) in [5, 5.41) is 15.4. The predicted octanol–water partition coefficient (Wildman–Crippen LogP) is 2.12. The van der Waals surface area contributed by atoms with E-state index in [2.05, 4.69) is 15.4 Å². The summed E-state index contributed by atoms with van der Waals surface area (Å²) < 4.78 is 53.2. The molecule has 17 heteroatoms. The van der Waals surface area contributed by atoms with E-state index in [0.717, 1.165) is 0 Å². The number of nitrogens with one attached hydrogen (secondary N) is 3. The Hall–Kier alpha value is -4.25. The lowest BCUT2D eigenvalue weighted by Crippen LogP contribution is -2.58. The van der Waals surface area contributed by atoms with Gasteiger partial charge in [0, 0.05) is 24.4 Å². The van der Waals surface area contributed by atoms with Crippen LogP contribution in [0.15, 0.2) is 30.4 Å². The standard InChI is InChI=1S/C35H46FN5O10S/c1-34(2,3)51-32(46)37-27-14-11-22(42)9-5-4-8-21-16-35(21,31(45)39-52(48,49)24-12-13-24)38-29(43)28-15-23(18-41(28)30(27)44)50-33(47)40-17-20-7-6-10-26(36)25(20)19-40/h4,6-8,10,21-24,27-28,42H,5,9,11-19H2,1-3H3,(H,37,46)(H,38,43)(H,39,45)/b8-4-/t21-,22?,23-,27+,28+,35-/m1/s1. The Kier molecular flexibility index (Phi) is 10.3. The molecule has 5 amide bonds. The van der Waals surface area contributed by atoms with Crippen molar-refractivity contribution in [3.8, 4) is 0 Å². The predicted molar refractivity (Wildman–Crippen MR) is 182 cm³/mol. The van der Waals surface area contributed by atoms with E-state index in [1.165, 1.54) is 15.9 Å². The molecule has 284 valence electrons. The van der Waals surface area contributed by atoms with Crippen LogP contribution in [-0.2, 0) is 47.0 Å². The second-order valence-electron chi connectivity index (χ2n) is 15.4. The lowest BCUT2D eigenvalue weighted by molar-refractivity contribution is -0.141. The van der Waals surface area contributed by atoms with Crippen LogP contribution in [0.1, 0.15) is 83.3 Å². The molecule has 3 aliphatic heterocycles. The highest BCUT2D eigenvalue weighted by molar-refractivity contribution is 7.91. The molecule has 0 aromatic heterocycles. The zero-order valence-corrected chi connectivity index (χ0v) is 30.2. The highest BCUT2D eigenvalue weighted by Gasteiger charge is 2.62. The van der Waals surface area contributed by atoms with Gasteiger partial charge in [-0.2, -0.15) is 0 Å². The van der Waals surface area contributed by atoms with Gasteiger partial charge in [-0.3, -0.25) is 24.0 Å². The molecule has 3 fully saturated rings. The first-order chi connectivity index (χ1) is 24.5. The van der Waals surface area contributed by atoms with Crippen LogP contribution in [0.4, 0.5) is 14.0 Å². The van der Waals surface area contributed by atoms with Crippen molar-refractivity contribution in [1.29, 1.82) is 0 Å². The molecule has 4 N–H and O–H groups in total. The first-order valence-electron chi connectivity index (χ1n) is 17.7. The first kappa shape index (κ1) is 37.5. The third kappa shape index (κ3) is 8.35. The molecule has 5 aliphatic rings. The Labute approximate surface area is 301 Å². The molecule has 0 radical (unpaired) electrons. The van der Waals surface area contributed by atoms with Crippen molar-refractivity contribution in [2.75, 3.05) is 6.54 Å². The van der Waals surface area contributed by atoms with Gasteiger partial charge in [0.05, 0.1) is 24.4 Å². The molecule has 1 unspecified atom stereocenters. The fourth-order valence-corrected chi connectivity index (χ4v) is 8.39. The Morgan fingerprint density at radius 1 is 1.08 bits per heavy atom. The van der Waals surface area contributed by atoms with Crippen LogP contribution in [0.25, 0.3) is 0 Å². The lowest BCUT2D eigenvalue weighted by Gasteiger charge is -2.30. The van der Waals surface area contributed by atoms with Crippen molar-refractivity contribution in [3.05, 3.63) is 47.3 Å². The number of benzene rings is 1. The van der Waals surface area contributed by atoms with Crippen molar-refractivity contribution in [2.45, 2.75) is 126 Å². The van der Waals surface area contributed by atoms with E-state index < -0.39 is 92.3 Å². The molecule has 1 aromatic carbocycles. The van der Waals surface area contributed by atoms with Gasteiger partial charge in [-0.05, 0) is 77.3 Å². The SMILES string of the molecule is CC(C)(C)OC(=O)N[C@H]1CCC(O)CC/C=C\[C@@H]2C[C@@]2(C(=O)NS(=O)(=O)C2CC2)NC(=O)[C@@H]2C[C@@H](OC(=O)N3Cc4cccc(F)c4C3)CN2C1=O. The molecule has 1 saturated heterocycles. The zero-order chi connectivity index (χ0) is 37.6. The van der Waals surface area contributed by atoms with Gasteiger partial charge in [0.1, 0.15) is 35.1 Å². The number of sulfonamides is 1. The minimum absolute atomic E-state index is 0.0101. The minimum atomic E-state index is -3.96. The molecule has 2 saturated carbocycles. The van der Waals surface area contributed by atoms with Gasteiger partial charge in [0.25, 0.3) is 5.91 Å². The molecular weight excluding hydrogens is 701 g/mol. The van der Waals surface area contributed by atoms with Crippen LogP contribution in [0.3, 0.4) is 0 Å². The van der Waals surface area contributed by atoms with Gasteiger partial charge in [0.15, 0.2) is 0 Å². The molecule has 15 nitrogen and oxygen atoms in total. The van der Waals surface area contributed by atoms with Gasteiger partial charge in [0.2, 0.25) is 21.8 Å². The number of amides is 5. The number of fused-ring (bicyclic) bond motifs is 3. The first-order valence-corrected chi connectivity index (χ1v) is 19.2. The maximum Gasteiger partial charge on any atom is 0.410 e. The van der Waals surface area contributed by atoms with E-state index in [1.54, 1.807) is 45.1 Å². The van der Waals surface area contributed by atoms with E-state index in [-0.39, 0.29) is 45.3 Å². The average molecular weight is 748 g/mol. The molecule has 0 bridgehead atoms. The van der Waals surface area contributed by atoms with Crippen molar-refractivity contribution >= 4 is 39.9 Å². The number of aliphatic hydroxyl groups is 1. The third-order valence-corrected chi connectivity index (χ3v) is 11.9. The van der Waals surface area contributed by atoms with Crippen molar-refractivity contribution < 1.29 is 51.4 Å². The topological polar surface area (TPSA) is 201 Å². The van der Waals surface area contributed by atoms with Gasteiger partial charge in [-0.1, -0.05) is 24.3 Å². The van der Waals surface area contributed by atoms with Crippen LogP contribution in [-0.4, -0.2) is 100 Å². The number of halogens is 1. The number of carbonyl (C=O) groups excluding carboxylic acids is 5. The molecule has 6 atom stereocenters. The van der Waals surface area contributed by atoms with E-state index >= 15 is 0 Å². The Morgan fingerprint density at radius 3 is 2.52 bits per heavy atom. The van der Waals surface area contributed by atoms with E-state index in [1.807, 2.05) is 0 Å². The van der Waals surface area contributed by atoms with Crippen LogP contribution >= 0.6 is 0 Å². The number of hydrogen-bond donors (Lipinski definition) is 4. The van der Waals surface area contributed by atoms with Gasteiger partial charge >= 0.3 is 12.2 Å². The molecule has 6 rings (SSSR count). The monoisotopic (exact) mass is 747 g/mol. The Balaban J connectivity index is 1.27. The smallest absolute Gasteiger partial charge is 0.410 e. The summed E-state index contributed by atoms with van der Waals surface area (Å²) >= 11 is 0. The second kappa shape index (κ2) is 14.3. The van der Waals surface area contributed by atoms with Gasteiger partial charge < -0.3 is 30.1 Å². The third-order valence-electron chi connectivity index (χ3n) is 10.1. The molecule has 0 spiro atoms. The number of carbonyl (C=O) groups is 5. The number of ether oxygens (including phenoxy) is 2. The molecule has 1 aromatic rings. The highest BCUT2D eigenvalue weighted by atomic mass is 32.2. The zero-order valence-electron chi connectivity index (χ0n) is 29.4. The van der Waals surface area contributed by atoms with Crippen LogP contribution in [0.5, 0.6) is 0 Å². The fourth-order valence-electron chi connectivity index (χ4n) is 7.03. The normalized spacial score (nSPS) is 30.1. The average Bonchev–Trinajstić information content (AvgIpc) is 3.94. The number of aliphatic hydroxyl groups excluding tert-OH is 1. The van der Waals surface area contributed by atoms with Crippen molar-refractivity contribution in [2.24, 2.45) is 5.92 Å². The van der Waals surface area contributed by atoms with E-state index in [9.17, 15) is 41.9 Å². The molecular formula is C35H46FN5O10S. The van der Waals surface area contributed by atoms with Crippen molar-refractivity contribution in [1.82, 2.24) is 25.2 Å². The Bertz CT molecular complexity index is 1760. The summed E-state index contributed by atoms with van der Waals surface area (Å²) in [6.07, 6.45) is 1.48. The fraction of sp³-hybridized carbons (Fsp3) is 0.629. The Morgan fingerprint density at radius 2 is 1.83 bits per heavy atom. The van der Waals surface area contributed by atoms with Gasteiger partial charge in [-0.15, -0.1) is 0 Å². The van der Waals surface area contributed by atoms with Crippen molar-refractivity contribution in [3.63, 3.8) is 0 Å². The quantitative estimate of drug-likeness (QED) is 0.324. The van der Waals surface area contributed by atoms with E-state index in [0.29, 0.717) is 36.8 Å². The molecule has 3 heterocycles. The van der Waals surface area contributed by atoms with Crippen LogP contribution in [0.2, 0.25) is 0 Å². The van der Waals surface area contributed by atoms with Crippen LogP contribution in [0, 0.1) is 11.7 Å². The number of rotatable bonds is 5. The maximum atomic E-state index is 14.4. The van der Waals surface area contributed by atoms with Crippen LogP contribution < -0.4 is 15.4 Å². The summed E-state index contributed by atoms with van der Waals surface area (Å²) in [5.41, 5.74) is -1.53. The second-order valence-corrected chi connectivity index (χ2v) is 17.3. The summed E-state index contributed by atoms with van der Waals surface area (Å²) in [4.78, 5) is 70.8. The minimum Gasteiger partial charge on any atom is -0.444 e. The number of nitrogens with zero attached hydrogens (tertiary/aromatic N) is 2. The maximum absolute atomic E-state index is 14.4. The summed E-state index contributed by atoms with van der Waals surface area (Å²) in [6.45, 7) is 4.78. The lowest BCUT2D eigenvalue weighted by atomic mass is 10.0. The van der Waals surface area contributed by atoms with Gasteiger partial charge in [-0.25, -0.2) is 22.4 Å². The van der Waals surface area contributed by atoms with E-state index in [4.69, 9.17) is 9.47 Å². The number of hydrogen-bond acceptors (Lipinski definition) is 10. The molecule has 2 aliphatic carbocycles. The largest absolute Gasteiger partial charge is 0.444 e. The molecule has 52 heavy (non-hydrogen) atoms. The highest BCUT2D eigenvalue weighted by Crippen LogP contribution is 2.46. The number of alkyl carbamates (subject to hydrolysis) is 1. The summed E-state index contributed by atoms with van der Waals surface area (Å²) in [6, 6.07) is 2.00.